The van der Waals surface area contributed by atoms with Gasteiger partial charge in [0.15, 0.2) is 0 Å². The average Bonchev–Trinajstić information content (AvgIpc) is 3.16. The van der Waals surface area contributed by atoms with Crippen molar-refractivity contribution < 1.29 is 13.6 Å². The molecule has 0 unspecified atom stereocenters. The zero-order chi connectivity index (χ0) is 21.3. The number of nitrogens with zero attached hydrogens (tertiary/aromatic N) is 5. The number of carbonyl (C=O) groups is 1. The van der Waals surface area contributed by atoms with Crippen LogP contribution in [0.15, 0.2) is 18.3 Å². The van der Waals surface area contributed by atoms with Crippen molar-refractivity contribution in [1.82, 2.24) is 24.6 Å². The van der Waals surface area contributed by atoms with Crippen LogP contribution in [0.4, 0.5) is 14.6 Å². The highest BCUT2D eigenvalue weighted by Gasteiger charge is 2.35. The van der Waals surface area contributed by atoms with Crippen molar-refractivity contribution in [1.29, 1.82) is 0 Å². The maximum atomic E-state index is 13.5. The maximum absolute atomic E-state index is 13.5. The first-order chi connectivity index (χ1) is 14.3. The molecular formula is C21H28F2N6O. The molecule has 0 atom stereocenters. The van der Waals surface area contributed by atoms with Crippen molar-refractivity contribution in [3.05, 3.63) is 29.7 Å². The van der Waals surface area contributed by atoms with Gasteiger partial charge in [-0.2, -0.15) is 10.1 Å². The minimum absolute atomic E-state index is 0.0286. The van der Waals surface area contributed by atoms with Gasteiger partial charge in [-0.05, 0) is 38.7 Å². The molecular weight excluding hydrogens is 390 g/mol. The summed E-state index contributed by atoms with van der Waals surface area (Å²) in [7, 11) is 0. The summed E-state index contributed by atoms with van der Waals surface area (Å²) in [6.07, 6.45) is 4.12. The van der Waals surface area contributed by atoms with E-state index in [1.165, 1.54) is 0 Å². The van der Waals surface area contributed by atoms with Crippen LogP contribution in [0.1, 0.15) is 62.8 Å². The molecule has 1 saturated carbocycles. The third-order valence-corrected chi connectivity index (χ3v) is 6.09. The first-order valence-corrected chi connectivity index (χ1v) is 10.6. The van der Waals surface area contributed by atoms with Gasteiger partial charge < -0.3 is 10.2 Å². The van der Waals surface area contributed by atoms with E-state index in [0.717, 1.165) is 24.2 Å². The van der Waals surface area contributed by atoms with Crippen LogP contribution in [0.25, 0.3) is 5.95 Å². The van der Waals surface area contributed by atoms with Gasteiger partial charge in [-0.15, -0.1) is 0 Å². The third kappa shape index (κ3) is 4.76. The van der Waals surface area contributed by atoms with Gasteiger partial charge in [0.2, 0.25) is 11.8 Å². The standard InChI is InChI=1S/C21H28F2N6O/c1-14-5-12-29(27-14)20-25-18(16-6-10-28(11-7-16)15(2)30)13-19(26-20)24-17-3-8-21(22,23)9-4-17/h5,12-13,16-17H,3-4,6-11H2,1-2H3,(H,24,25,26). The van der Waals surface area contributed by atoms with Crippen LogP contribution < -0.4 is 5.32 Å². The molecule has 0 bridgehead atoms. The van der Waals surface area contributed by atoms with E-state index in [-0.39, 0.29) is 30.7 Å². The molecule has 0 aromatic carbocycles. The number of halogens is 2. The highest BCUT2D eigenvalue weighted by atomic mass is 19.3. The fourth-order valence-corrected chi connectivity index (χ4v) is 4.25. The van der Waals surface area contributed by atoms with E-state index in [1.807, 2.05) is 30.2 Å². The van der Waals surface area contributed by atoms with Crippen LogP contribution in [-0.2, 0) is 4.79 Å². The zero-order valence-electron chi connectivity index (χ0n) is 17.4. The highest BCUT2D eigenvalue weighted by molar-refractivity contribution is 5.73. The summed E-state index contributed by atoms with van der Waals surface area (Å²) >= 11 is 0. The molecule has 7 nitrogen and oxygen atoms in total. The van der Waals surface area contributed by atoms with E-state index in [2.05, 4.69) is 15.4 Å². The molecule has 0 radical (unpaired) electrons. The summed E-state index contributed by atoms with van der Waals surface area (Å²) < 4.78 is 28.7. The van der Waals surface area contributed by atoms with Crippen molar-refractivity contribution in [3.63, 3.8) is 0 Å². The Morgan fingerprint density at radius 3 is 2.47 bits per heavy atom. The van der Waals surface area contributed by atoms with Gasteiger partial charge in [-0.25, -0.2) is 18.4 Å². The molecule has 1 saturated heterocycles. The number of aromatic nitrogens is 4. The molecule has 2 aromatic heterocycles. The smallest absolute Gasteiger partial charge is 0.252 e. The van der Waals surface area contributed by atoms with Crippen molar-refractivity contribution in [2.75, 3.05) is 18.4 Å². The predicted octanol–water partition coefficient (Wildman–Crippen LogP) is 3.69. The summed E-state index contributed by atoms with van der Waals surface area (Å²) in [5.74, 6) is -1.13. The number of anilines is 1. The summed E-state index contributed by atoms with van der Waals surface area (Å²) in [6.45, 7) is 4.92. The quantitative estimate of drug-likeness (QED) is 0.820. The van der Waals surface area contributed by atoms with E-state index in [0.29, 0.717) is 37.7 Å². The second-order valence-electron chi connectivity index (χ2n) is 8.43. The zero-order valence-corrected chi connectivity index (χ0v) is 17.4. The van der Waals surface area contributed by atoms with Gasteiger partial charge in [0.1, 0.15) is 5.82 Å². The van der Waals surface area contributed by atoms with Gasteiger partial charge >= 0.3 is 0 Å². The number of amides is 1. The molecule has 1 amide bonds. The highest BCUT2D eigenvalue weighted by Crippen LogP contribution is 2.35. The molecule has 3 heterocycles. The molecule has 1 aliphatic carbocycles. The molecule has 162 valence electrons. The van der Waals surface area contributed by atoms with Crippen molar-refractivity contribution in [3.8, 4) is 5.95 Å². The Morgan fingerprint density at radius 2 is 1.87 bits per heavy atom. The van der Waals surface area contributed by atoms with Crippen LogP contribution in [-0.4, -0.2) is 55.6 Å². The number of carbonyl (C=O) groups excluding carboxylic acids is 1. The average molecular weight is 418 g/mol. The topological polar surface area (TPSA) is 75.9 Å². The largest absolute Gasteiger partial charge is 0.367 e. The predicted molar refractivity (Wildman–Crippen MR) is 109 cm³/mol. The van der Waals surface area contributed by atoms with E-state index in [4.69, 9.17) is 4.98 Å². The minimum atomic E-state index is -2.56. The van der Waals surface area contributed by atoms with Crippen LogP contribution in [0, 0.1) is 6.92 Å². The van der Waals surface area contributed by atoms with Gasteiger partial charge in [0, 0.05) is 57.1 Å². The summed E-state index contributed by atoms with van der Waals surface area (Å²) in [6, 6.07) is 3.79. The second kappa shape index (κ2) is 8.28. The second-order valence-corrected chi connectivity index (χ2v) is 8.43. The van der Waals surface area contributed by atoms with E-state index >= 15 is 0 Å². The molecule has 2 fully saturated rings. The number of hydrogen-bond donors (Lipinski definition) is 1. The number of nitrogens with one attached hydrogen (secondary N) is 1. The van der Waals surface area contributed by atoms with Crippen LogP contribution in [0.5, 0.6) is 0 Å². The lowest BCUT2D eigenvalue weighted by atomic mass is 9.91. The summed E-state index contributed by atoms with van der Waals surface area (Å²) in [4.78, 5) is 22.9. The van der Waals surface area contributed by atoms with Gasteiger partial charge in [-0.1, -0.05) is 0 Å². The molecule has 2 aliphatic rings. The van der Waals surface area contributed by atoms with Crippen LogP contribution in [0.2, 0.25) is 0 Å². The molecule has 4 rings (SSSR count). The van der Waals surface area contributed by atoms with E-state index < -0.39 is 5.92 Å². The molecule has 1 N–H and O–H groups in total. The molecule has 9 heteroatoms. The first-order valence-electron chi connectivity index (χ1n) is 10.6. The monoisotopic (exact) mass is 418 g/mol. The Bertz CT molecular complexity index is 897. The fraction of sp³-hybridized carbons (Fsp3) is 0.619. The van der Waals surface area contributed by atoms with Crippen molar-refractivity contribution in [2.45, 2.75) is 70.3 Å². The van der Waals surface area contributed by atoms with Crippen molar-refractivity contribution >= 4 is 11.7 Å². The number of aryl methyl sites for hydroxylation is 1. The van der Waals surface area contributed by atoms with E-state index in [1.54, 1.807) is 11.6 Å². The molecule has 0 spiro atoms. The Morgan fingerprint density at radius 1 is 1.17 bits per heavy atom. The Balaban J connectivity index is 1.56. The molecule has 2 aromatic rings. The van der Waals surface area contributed by atoms with E-state index in [9.17, 15) is 13.6 Å². The lowest BCUT2D eigenvalue weighted by Crippen LogP contribution is -2.36. The number of piperidine rings is 1. The first kappa shape index (κ1) is 20.7. The fourth-order valence-electron chi connectivity index (χ4n) is 4.25. The Labute approximate surface area is 174 Å². The van der Waals surface area contributed by atoms with Crippen molar-refractivity contribution in [2.24, 2.45) is 0 Å². The Kier molecular flexibility index (Phi) is 5.71. The van der Waals surface area contributed by atoms with Gasteiger partial charge in [-0.3, -0.25) is 4.79 Å². The van der Waals surface area contributed by atoms with Crippen LogP contribution in [0.3, 0.4) is 0 Å². The third-order valence-electron chi connectivity index (χ3n) is 6.09. The summed E-state index contributed by atoms with van der Waals surface area (Å²) in [5.41, 5.74) is 1.77. The number of rotatable bonds is 4. The number of alkyl halides is 2. The maximum Gasteiger partial charge on any atom is 0.252 e. The lowest BCUT2D eigenvalue weighted by molar-refractivity contribution is -0.129. The normalized spacial score (nSPS) is 20.3. The van der Waals surface area contributed by atoms with Gasteiger partial charge in [0.05, 0.1) is 11.4 Å². The SMILES string of the molecule is CC(=O)N1CCC(c2cc(NC3CCC(F)(F)CC3)nc(-n3ccc(C)n3)n2)CC1. The van der Waals surface area contributed by atoms with Gasteiger partial charge in [0.25, 0.3) is 5.95 Å². The Hall–Kier alpha value is -2.58. The van der Waals surface area contributed by atoms with Crippen LogP contribution >= 0.6 is 0 Å². The summed E-state index contributed by atoms with van der Waals surface area (Å²) in [5, 5.41) is 7.77. The number of likely N-dealkylation sites (tertiary alicyclic amines) is 1. The lowest BCUT2D eigenvalue weighted by Gasteiger charge is -2.31. The minimum Gasteiger partial charge on any atom is -0.367 e. The molecule has 30 heavy (non-hydrogen) atoms. The number of hydrogen-bond acceptors (Lipinski definition) is 5. The molecule has 1 aliphatic heterocycles.